The Balaban J connectivity index is 1.91. The fourth-order valence-electron chi connectivity index (χ4n) is 5.73. The van der Waals surface area contributed by atoms with Crippen LogP contribution in [0.3, 0.4) is 0 Å². The van der Waals surface area contributed by atoms with Crippen molar-refractivity contribution in [2.75, 3.05) is 41.7 Å². The molecule has 0 aliphatic carbocycles. The van der Waals surface area contributed by atoms with E-state index in [4.69, 9.17) is 29.7 Å². The molecule has 2 saturated heterocycles. The van der Waals surface area contributed by atoms with Gasteiger partial charge >= 0.3 is 24.4 Å². The second-order valence-corrected chi connectivity index (χ2v) is 17.3. The van der Waals surface area contributed by atoms with Crippen molar-refractivity contribution < 1.29 is 38.1 Å². The fourth-order valence-corrected chi connectivity index (χ4v) is 5.73. The van der Waals surface area contributed by atoms with E-state index in [2.05, 4.69) is 21.3 Å². The van der Waals surface area contributed by atoms with Crippen LogP contribution < -0.4 is 36.8 Å². The molecule has 1 aromatic rings. The van der Waals surface area contributed by atoms with Crippen LogP contribution in [0, 0.1) is 0 Å². The lowest BCUT2D eigenvalue weighted by atomic mass is 10.00. The monoisotopic (exact) mass is 720 g/mol. The third kappa shape index (κ3) is 15.2. The Kier molecular flexibility index (Phi) is 12.8. The Hall–Kier alpha value is -4.37. The molecule has 0 aromatic carbocycles. The van der Waals surface area contributed by atoms with E-state index >= 15 is 0 Å². The SMILES string of the molecule is CC(C)(C)OC(=O)NC1CC(NC(=O)OC(C)(C)C)CN(c2cc(N)cc(N3CC(NC(=O)OC(C)(C)C)CC(NC(=O)OC(C)(C)C)C3)n2)C1. The van der Waals surface area contributed by atoms with Crippen molar-refractivity contribution in [3.05, 3.63) is 12.1 Å². The molecule has 4 amide bonds. The van der Waals surface area contributed by atoms with Crippen LogP contribution in [-0.2, 0) is 18.9 Å². The van der Waals surface area contributed by atoms with Gasteiger partial charge in [-0.1, -0.05) is 0 Å². The lowest BCUT2D eigenvalue weighted by Gasteiger charge is -2.41. The minimum Gasteiger partial charge on any atom is -0.444 e. The number of piperidine rings is 2. The van der Waals surface area contributed by atoms with Crippen LogP contribution in [0.4, 0.5) is 36.5 Å². The zero-order valence-electron chi connectivity index (χ0n) is 32.4. The lowest BCUT2D eigenvalue weighted by molar-refractivity contribution is 0.0452. The number of nitrogen functional groups attached to an aromatic ring is 1. The van der Waals surface area contributed by atoms with Crippen LogP contribution in [0.2, 0.25) is 0 Å². The molecule has 51 heavy (non-hydrogen) atoms. The van der Waals surface area contributed by atoms with Gasteiger partial charge in [-0.3, -0.25) is 0 Å². The van der Waals surface area contributed by atoms with E-state index in [-0.39, 0.29) is 0 Å². The van der Waals surface area contributed by atoms with Gasteiger partial charge in [-0.2, -0.15) is 0 Å². The maximum absolute atomic E-state index is 12.8. The molecule has 6 N–H and O–H groups in total. The molecule has 0 radical (unpaired) electrons. The van der Waals surface area contributed by atoms with Gasteiger partial charge in [-0.25, -0.2) is 24.2 Å². The molecule has 4 atom stereocenters. The zero-order valence-corrected chi connectivity index (χ0v) is 32.4. The van der Waals surface area contributed by atoms with E-state index in [9.17, 15) is 19.2 Å². The van der Waals surface area contributed by atoms with E-state index in [0.29, 0.717) is 56.3 Å². The maximum atomic E-state index is 12.8. The number of anilines is 3. The molecule has 16 nitrogen and oxygen atoms in total. The highest BCUT2D eigenvalue weighted by Crippen LogP contribution is 2.28. The van der Waals surface area contributed by atoms with E-state index in [1.54, 1.807) is 95.2 Å². The first-order valence-electron chi connectivity index (χ1n) is 17.5. The number of nitrogens with two attached hydrogens (primary N) is 1. The predicted molar refractivity (Wildman–Crippen MR) is 195 cm³/mol. The van der Waals surface area contributed by atoms with Crippen LogP contribution in [0.15, 0.2) is 12.1 Å². The summed E-state index contributed by atoms with van der Waals surface area (Å²) in [5, 5.41) is 11.7. The Morgan fingerprint density at radius 1 is 0.549 bits per heavy atom. The first-order chi connectivity index (χ1) is 23.2. The number of nitrogens with one attached hydrogen (secondary N) is 4. The highest BCUT2D eigenvalue weighted by atomic mass is 16.6. The first-order valence-corrected chi connectivity index (χ1v) is 17.5. The minimum atomic E-state index is -0.697. The summed E-state index contributed by atoms with van der Waals surface area (Å²) in [5.41, 5.74) is 4.10. The largest absolute Gasteiger partial charge is 0.444 e. The van der Waals surface area contributed by atoms with Gasteiger partial charge in [0, 0.05) is 44.0 Å². The van der Waals surface area contributed by atoms with Crippen LogP contribution >= 0.6 is 0 Å². The number of nitrogens with zero attached hydrogens (tertiary/aromatic N) is 3. The van der Waals surface area contributed by atoms with Crippen LogP contribution in [0.25, 0.3) is 0 Å². The topological polar surface area (TPSA) is 199 Å². The number of hydrogen-bond acceptors (Lipinski definition) is 12. The molecule has 288 valence electrons. The molecule has 1 aromatic heterocycles. The lowest BCUT2D eigenvalue weighted by Crippen LogP contribution is -2.58. The van der Waals surface area contributed by atoms with Gasteiger partial charge in [-0.15, -0.1) is 0 Å². The van der Waals surface area contributed by atoms with Crippen molar-refractivity contribution >= 4 is 41.7 Å². The van der Waals surface area contributed by atoms with Crippen molar-refractivity contribution in [1.29, 1.82) is 0 Å². The number of rotatable bonds is 6. The van der Waals surface area contributed by atoms with E-state index < -0.39 is 70.9 Å². The Labute approximate surface area is 302 Å². The number of carbonyl (C=O) groups excluding carboxylic acids is 4. The molecule has 2 aliphatic heterocycles. The standard InChI is InChI=1S/C35H60N8O8/c1-32(2,3)48-28(44)37-22-15-23(38-29(45)49-33(4,5)6)18-42(17-22)26-13-21(36)14-27(41-26)43-19-24(39-30(46)50-34(7,8)9)16-25(20-43)40-31(47)51-35(10,11)12/h13-14,22-25H,15-20H2,1-12H3,(H2,36,41)(H,37,44)(H,38,45)(H,39,46)(H,40,47). The summed E-state index contributed by atoms with van der Waals surface area (Å²) in [6, 6.07) is 1.78. The minimum absolute atomic E-state index is 0.354. The molecule has 2 fully saturated rings. The molecule has 3 rings (SSSR count). The molecule has 3 heterocycles. The van der Waals surface area contributed by atoms with Crippen molar-refractivity contribution in [3.63, 3.8) is 0 Å². The Bertz CT molecular complexity index is 1220. The average Bonchev–Trinajstić information content (AvgIpc) is 2.87. The summed E-state index contributed by atoms with van der Waals surface area (Å²) in [7, 11) is 0. The second-order valence-electron chi connectivity index (χ2n) is 17.3. The number of hydrogen-bond donors (Lipinski definition) is 5. The van der Waals surface area contributed by atoms with E-state index in [1.807, 2.05) is 9.80 Å². The molecule has 4 unspecified atom stereocenters. The first kappa shape index (κ1) is 41.1. The van der Waals surface area contributed by atoms with Crippen molar-refractivity contribution in [1.82, 2.24) is 26.3 Å². The van der Waals surface area contributed by atoms with Crippen molar-refractivity contribution in [2.24, 2.45) is 0 Å². The summed E-state index contributed by atoms with van der Waals surface area (Å²) in [5.74, 6) is 1.02. The highest BCUT2D eigenvalue weighted by Gasteiger charge is 2.35. The Morgan fingerprint density at radius 3 is 1.00 bits per heavy atom. The summed E-state index contributed by atoms with van der Waals surface area (Å²) in [4.78, 5) is 60.0. The van der Waals surface area contributed by atoms with Crippen molar-refractivity contribution in [3.8, 4) is 0 Å². The predicted octanol–water partition coefficient (Wildman–Crippen LogP) is 4.66. The molecular formula is C35H60N8O8. The van der Waals surface area contributed by atoms with Gasteiger partial charge in [-0.05, 0) is 95.9 Å². The van der Waals surface area contributed by atoms with Gasteiger partial charge in [0.15, 0.2) is 0 Å². The number of pyridine rings is 1. The average molecular weight is 721 g/mol. The molecule has 0 saturated carbocycles. The van der Waals surface area contributed by atoms with Gasteiger partial charge < -0.3 is 55.7 Å². The summed E-state index contributed by atoms with van der Waals surface area (Å²) < 4.78 is 22.0. The third-order valence-electron chi connectivity index (χ3n) is 7.25. The third-order valence-corrected chi connectivity index (χ3v) is 7.25. The number of aromatic nitrogens is 1. The summed E-state index contributed by atoms with van der Waals surface area (Å²) >= 11 is 0. The van der Waals surface area contributed by atoms with Gasteiger partial charge in [0.1, 0.15) is 34.0 Å². The molecule has 16 heteroatoms. The van der Waals surface area contributed by atoms with Gasteiger partial charge in [0.25, 0.3) is 0 Å². The van der Waals surface area contributed by atoms with E-state index in [0.717, 1.165) is 0 Å². The highest BCUT2D eigenvalue weighted by molar-refractivity contribution is 5.71. The normalized spacial score (nSPS) is 21.6. The number of carbonyl (C=O) groups is 4. The van der Waals surface area contributed by atoms with Crippen molar-refractivity contribution in [2.45, 2.75) is 142 Å². The summed E-state index contributed by atoms with van der Waals surface area (Å²) in [6.07, 6.45) is -1.46. The van der Waals surface area contributed by atoms with Crippen LogP contribution in [0.1, 0.15) is 95.9 Å². The number of amides is 4. The number of alkyl carbamates (subject to hydrolysis) is 4. The Morgan fingerprint density at radius 2 is 0.784 bits per heavy atom. The fraction of sp³-hybridized carbons (Fsp3) is 0.743. The molecule has 0 bridgehead atoms. The molecule has 0 spiro atoms. The summed E-state index contributed by atoms with van der Waals surface area (Å²) in [6.45, 7) is 22.8. The maximum Gasteiger partial charge on any atom is 0.407 e. The quantitative estimate of drug-likeness (QED) is 0.255. The number of ether oxygens (including phenoxy) is 4. The molecular weight excluding hydrogens is 660 g/mol. The smallest absolute Gasteiger partial charge is 0.407 e. The molecule has 2 aliphatic rings. The second kappa shape index (κ2) is 15.9. The van der Waals surface area contributed by atoms with Gasteiger partial charge in [0.05, 0.1) is 24.2 Å². The van der Waals surface area contributed by atoms with Crippen LogP contribution in [0.5, 0.6) is 0 Å². The van der Waals surface area contributed by atoms with Gasteiger partial charge in [0.2, 0.25) is 0 Å². The van der Waals surface area contributed by atoms with E-state index in [1.165, 1.54) is 0 Å². The zero-order chi connectivity index (χ0) is 38.5. The van der Waals surface area contributed by atoms with Crippen LogP contribution in [-0.4, -0.2) is 102 Å².